The lowest BCUT2D eigenvalue weighted by atomic mass is 9.88. The summed E-state index contributed by atoms with van der Waals surface area (Å²) in [4.78, 5) is 42.9. The second kappa shape index (κ2) is 34.1. The quantitative estimate of drug-likeness (QED) is 0.109. The van der Waals surface area contributed by atoms with Gasteiger partial charge in [0, 0.05) is 109 Å². The van der Waals surface area contributed by atoms with Gasteiger partial charge in [-0.1, -0.05) is 406 Å². The molecule has 0 radical (unpaired) electrons. The fourth-order valence-electron chi connectivity index (χ4n) is 22.7. The van der Waals surface area contributed by atoms with Crippen LogP contribution in [0.1, 0.15) is 0 Å². The van der Waals surface area contributed by atoms with Crippen LogP contribution in [-0.4, -0.2) is 39.9 Å². The van der Waals surface area contributed by atoms with Gasteiger partial charge in [-0.05, 0) is 198 Å². The average molecular weight is 1860 g/mol. The third-order valence-corrected chi connectivity index (χ3v) is 29.3. The number of furan rings is 2. The second-order valence-corrected chi connectivity index (χ2v) is 37.7. The van der Waals surface area contributed by atoms with Gasteiger partial charge in [0.15, 0.2) is 34.9 Å². The SMILES string of the molecule is c1cc(-c2nc(-c3cccc4ccccc34)nc(-c3cccc4ccccc34)n2)cc(-c2c3c(cc4c(-c5ccc6c7ccccc7c7ccccc7c6c5)nc5ccccc5c24)oc2ccccc23)c1.c1ccc(-c2cc(-c3ccccc3)cc(-c3nc(-c4ccccc4)nc(-c4cccc(-c5c6c(cc7c(-c8ccc9c%10ccccc%10c%10ccccc%10c9c8)nc8ccccc8c57)oc5ccccc56)c4)n3)c2)cc1. The van der Waals surface area contributed by atoms with Crippen LogP contribution in [0.15, 0.2) is 494 Å². The number of nitrogens with zero attached hydrogens (tertiary/aromatic N) is 8. The van der Waals surface area contributed by atoms with E-state index in [-0.39, 0.29) is 0 Å². The molecule has 0 aliphatic carbocycles. The van der Waals surface area contributed by atoms with Crippen LogP contribution in [0.4, 0.5) is 0 Å². The zero-order chi connectivity index (χ0) is 96.0. The van der Waals surface area contributed by atoms with Crippen molar-refractivity contribution < 1.29 is 8.83 Å². The highest BCUT2D eigenvalue weighted by atomic mass is 16.3. The fourth-order valence-corrected chi connectivity index (χ4v) is 22.7. The number of aromatic nitrogens is 8. The molecule has 0 spiro atoms. The zero-order valence-corrected chi connectivity index (χ0v) is 78.6. The Hall–Kier alpha value is -19.7. The Bertz CT molecular complexity index is 10500. The minimum Gasteiger partial charge on any atom is -0.456 e. The van der Waals surface area contributed by atoms with Crippen LogP contribution >= 0.6 is 0 Å². The standard InChI is InChI=1S/C70H42N4O.C66H38N4O/c1-4-19-43(20-5-1)49-38-50(44-21-6-2-7-22-44)40-51(39-49)70-73-68(45-23-8-3-9-24-45)72-69(74-70)48-26-18-25-46(37-48)64-65-57-31-14-16-33-61(57)71-67(60(65)42-63-66(64)58-32-15-17-34-62(58)75-63)47-35-36-56-54-29-11-10-27-52(54)53-28-12-13-30-55(53)59(56)41-47;1-3-22-44-39(16-1)18-14-30-51(44)65-68-64(69-66(70-65)52-31-15-19-40-17-2-4-23-45(40)52)43-21-13-20-41(36-43)60-61-53-28-9-11-32-57(53)67-63(56(61)38-59-62(60)54-29-10-12-33-58(54)71-59)42-34-35-50-48-26-6-5-24-46(48)47-25-7-8-27-49(47)55(50)37-42/h1-42H;1-38H. The summed E-state index contributed by atoms with van der Waals surface area (Å²) < 4.78 is 13.7. The average Bonchev–Trinajstić information content (AvgIpc) is 1.14. The van der Waals surface area contributed by atoms with E-state index < -0.39 is 0 Å². The first-order valence-electron chi connectivity index (χ1n) is 49.4. The molecule has 10 nitrogen and oxygen atoms in total. The summed E-state index contributed by atoms with van der Waals surface area (Å²) in [5.41, 5.74) is 22.9. The van der Waals surface area contributed by atoms with Gasteiger partial charge in [-0.15, -0.1) is 0 Å². The zero-order valence-electron chi connectivity index (χ0n) is 78.6. The van der Waals surface area contributed by atoms with Crippen LogP contribution in [0, 0.1) is 0 Å². The molecule has 30 rings (SSSR count). The molecule has 676 valence electrons. The van der Waals surface area contributed by atoms with Crippen molar-refractivity contribution in [2.24, 2.45) is 0 Å². The van der Waals surface area contributed by atoms with Gasteiger partial charge < -0.3 is 8.83 Å². The van der Waals surface area contributed by atoms with Gasteiger partial charge in [-0.3, -0.25) is 0 Å². The van der Waals surface area contributed by atoms with Gasteiger partial charge in [-0.25, -0.2) is 39.9 Å². The normalized spacial score (nSPS) is 11.8. The molecular weight excluding hydrogens is 1780 g/mol. The fraction of sp³-hybridized carbons (Fsp3) is 0. The maximum Gasteiger partial charge on any atom is 0.164 e. The number of para-hydroxylation sites is 4. The number of hydrogen-bond donors (Lipinski definition) is 0. The molecule has 0 unspecified atom stereocenters. The van der Waals surface area contributed by atoms with Gasteiger partial charge in [0.2, 0.25) is 0 Å². The summed E-state index contributed by atoms with van der Waals surface area (Å²) in [5.74, 6) is 3.58. The Morgan fingerprint density at radius 1 is 0.130 bits per heavy atom. The van der Waals surface area contributed by atoms with E-state index >= 15 is 0 Å². The maximum atomic E-state index is 6.87. The molecule has 0 saturated carbocycles. The second-order valence-electron chi connectivity index (χ2n) is 37.7. The van der Waals surface area contributed by atoms with Crippen molar-refractivity contribution >= 4 is 173 Å². The molecule has 146 heavy (non-hydrogen) atoms. The van der Waals surface area contributed by atoms with Gasteiger partial charge >= 0.3 is 0 Å². The van der Waals surface area contributed by atoms with Crippen LogP contribution in [0.5, 0.6) is 0 Å². The summed E-state index contributed by atoms with van der Waals surface area (Å²) in [6, 6.07) is 172. The minimum atomic E-state index is 0.573. The van der Waals surface area contributed by atoms with Crippen molar-refractivity contribution in [3.63, 3.8) is 0 Å². The smallest absolute Gasteiger partial charge is 0.164 e. The highest BCUT2D eigenvalue weighted by Crippen LogP contribution is 2.52. The first-order chi connectivity index (χ1) is 72.4. The summed E-state index contributed by atoms with van der Waals surface area (Å²) in [6.45, 7) is 0. The third kappa shape index (κ3) is 13.9. The lowest BCUT2D eigenvalue weighted by molar-refractivity contribution is 0.669. The minimum absolute atomic E-state index is 0.573. The lowest BCUT2D eigenvalue weighted by Crippen LogP contribution is -2.01. The predicted molar refractivity (Wildman–Crippen MR) is 605 cm³/mol. The summed E-state index contributed by atoms with van der Waals surface area (Å²) in [5, 5.41) is 29.6. The van der Waals surface area contributed by atoms with Gasteiger partial charge in [-0.2, -0.15) is 0 Å². The largest absolute Gasteiger partial charge is 0.456 e. The van der Waals surface area contributed by atoms with E-state index in [0.29, 0.717) is 34.9 Å². The third-order valence-electron chi connectivity index (χ3n) is 29.3. The van der Waals surface area contributed by atoms with Crippen molar-refractivity contribution in [2.45, 2.75) is 0 Å². The predicted octanol–water partition coefficient (Wildman–Crippen LogP) is 36.2. The maximum absolute atomic E-state index is 6.87. The molecule has 0 saturated heterocycles. The van der Waals surface area contributed by atoms with E-state index in [1.54, 1.807) is 0 Å². The van der Waals surface area contributed by atoms with E-state index in [9.17, 15) is 0 Å². The van der Waals surface area contributed by atoms with Crippen molar-refractivity contribution in [3.05, 3.63) is 485 Å². The van der Waals surface area contributed by atoms with Gasteiger partial charge in [0.05, 0.1) is 22.4 Å². The number of benzene rings is 24. The molecule has 6 aromatic heterocycles. The molecule has 0 atom stereocenters. The van der Waals surface area contributed by atoms with Crippen molar-refractivity contribution in [1.29, 1.82) is 0 Å². The Kier molecular flexibility index (Phi) is 19.5. The first-order valence-corrected chi connectivity index (χ1v) is 49.4. The molecule has 0 aliphatic heterocycles. The molecule has 0 N–H and O–H groups in total. The van der Waals surface area contributed by atoms with Crippen LogP contribution < -0.4 is 0 Å². The Balaban J connectivity index is 0.000000138. The topological polar surface area (TPSA) is 129 Å². The van der Waals surface area contributed by atoms with Crippen LogP contribution in [-0.2, 0) is 0 Å². The highest BCUT2D eigenvalue weighted by Gasteiger charge is 2.29. The van der Waals surface area contributed by atoms with E-state index in [0.717, 1.165) is 209 Å². The van der Waals surface area contributed by atoms with Crippen molar-refractivity contribution in [2.75, 3.05) is 0 Å². The molecule has 10 heteroatoms. The number of pyridine rings is 2. The molecule has 30 aromatic rings. The lowest BCUT2D eigenvalue weighted by Gasteiger charge is -2.17. The van der Waals surface area contributed by atoms with Gasteiger partial charge in [0.25, 0.3) is 0 Å². The molecular formula is C136H80N8O2. The van der Waals surface area contributed by atoms with Crippen LogP contribution in [0.3, 0.4) is 0 Å². The monoisotopic (exact) mass is 1860 g/mol. The molecule has 0 fully saturated rings. The van der Waals surface area contributed by atoms with Crippen molar-refractivity contribution in [3.8, 4) is 135 Å². The Morgan fingerprint density at radius 3 is 0.829 bits per heavy atom. The Labute approximate surface area is 836 Å². The number of rotatable bonds is 12. The van der Waals surface area contributed by atoms with E-state index in [2.05, 4.69) is 443 Å². The molecule has 0 bridgehead atoms. The molecule has 24 aromatic carbocycles. The summed E-state index contributed by atoms with van der Waals surface area (Å²) in [6.07, 6.45) is 0. The Morgan fingerprint density at radius 2 is 0.411 bits per heavy atom. The highest BCUT2D eigenvalue weighted by molar-refractivity contribution is 6.32. The van der Waals surface area contributed by atoms with Crippen LogP contribution in [0.2, 0.25) is 0 Å². The number of fused-ring (bicyclic) bond motifs is 26. The summed E-state index contributed by atoms with van der Waals surface area (Å²) in [7, 11) is 0. The number of hydrogen-bond acceptors (Lipinski definition) is 10. The molecule has 0 aliphatic rings. The van der Waals surface area contributed by atoms with Crippen LogP contribution in [0.25, 0.3) is 309 Å². The van der Waals surface area contributed by atoms with E-state index in [4.69, 9.17) is 48.7 Å². The van der Waals surface area contributed by atoms with Gasteiger partial charge in [0.1, 0.15) is 22.3 Å². The van der Waals surface area contributed by atoms with Crippen molar-refractivity contribution in [1.82, 2.24) is 39.9 Å². The van der Waals surface area contributed by atoms with E-state index in [1.807, 2.05) is 42.5 Å². The van der Waals surface area contributed by atoms with E-state index in [1.165, 1.54) is 64.6 Å². The molecule has 6 heterocycles. The summed E-state index contributed by atoms with van der Waals surface area (Å²) >= 11 is 0. The molecule has 0 amide bonds. The first kappa shape index (κ1) is 83.3.